The summed E-state index contributed by atoms with van der Waals surface area (Å²) in [7, 11) is 0. The van der Waals surface area contributed by atoms with Gasteiger partial charge in [0.15, 0.2) is 0 Å². The zero-order valence-corrected chi connectivity index (χ0v) is 11.0. The van der Waals surface area contributed by atoms with Crippen LogP contribution in [0.5, 0.6) is 0 Å². The van der Waals surface area contributed by atoms with E-state index in [2.05, 4.69) is 29.0 Å². The van der Waals surface area contributed by atoms with E-state index in [1.165, 1.54) is 11.1 Å². The lowest BCUT2D eigenvalue weighted by atomic mass is 10.1. The van der Waals surface area contributed by atoms with Gasteiger partial charge in [-0.2, -0.15) is 0 Å². The van der Waals surface area contributed by atoms with Gasteiger partial charge in [-0.15, -0.1) is 0 Å². The van der Waals surface area contributed by atoms with Gasteiger partial charge in [0, 0.05) is 23.9 Å². The first kappa shape index (κ1) is 12.7. The normalized spacial score (nSPS) is 12.4. The number of benzene rings is 1. The maximum atomic E-state index is 9.55. The average molecular weight is 242 g/mol. The number of hydrogen-bond acceptors (Lipinski definition) is 3. The molecule has 18 heavy (non-hydrogen) atoms. The Morgan fingerprint density at radius 1 is 1.22 bits per heavy atom. The molecule has 1 aromatic carbocycles. The lowest BCUT2D eigenvalue weighted by molar-refractivity contribution is 0.197. The molecular weight excluding hydrogens is 224 g/mol. The number of aryl methyl sites for hydroxylation is 2. The molecule has 2 rings (SSSR count). The summed E-state index contributed by atoms with van der Waals surface area (Å²) in [5, 5.41) is 9.55. The van der Waals surface area contributed by atoms with Crippen LogP contribution in [0.4, 0.5) is 0 Å². The third-order valence-corrected chi connectivity index (χ3v) is 3.13. The second-order valence-electron chi connectivity index (χ2n) is 4.61. The SMILES string of the molecule is Cc1ccccc1Cc1ncc(C(C)O)c(C)n1. The van der Waals surface area contributed by atoms with Crippen molar-refractivity contribution in [1.29, 1.82) is 0 Å². The molecule has 0 amide bonds. The second kappa shape index (κ2) is 5.27. The van der Waals surface area contributed by atoms with Crippen molar-refractivity contribution in [2.75, 3.05) is 0 Å². The molecule has 1 N–H and O–H groups in total. The van der Waals surface area contributed by atoms with Crippen LogP contribution >= 0.6 is 0 Å². The quantitative estimate of drug-likeness (QED) is 0.900. The predicted molar refractivity (Wildman–Crippen MR) is 71.4 cm³/mol. The fraction of sp³-hybridized carbons (Fsp3) is 0.333. The van der Waals surface area contributed by atoms with E-state index in [0.29, 0.717) is 0 Å². The maximum absolute atomic E-state index is 9.55. The van der Waals surface area contributed by atoms with Crippen molar-refractivity contribution < 1.29 is 5.11 Å². The molecule has 1 aromatic heterocycles. The lowest BCUT2D eigenvalue weighted by Gasteiger charge is -2.10. The molecule has 0 radical (unpaired) electrons. The van der Waals surface area contributed by atoms with Crippen molar-refractivity contribution in [3.63, 3.8) is 0 Å². The zero-order valence-electron chi connectivity index (χ0n) is 11.0. The zero-order chi connectivity index (χ0) is 13.1. The molecule has 1 atom stereocenters. The molecule has 94 valence electrons. The minimum atomic E-state index is -0.516. The van der Waals surface area contributed by atoms with E-state index in [1.807, 2.05) is 19.1 Å². The molecule has 0 spiro atoms. The van der Waals surface area contributed by atoms with Gasteiger partial charge in [0.05, 0.1) is 6.10 Å². The van der Waals surface area contributed by atoms with Gasteiger partial charge in [-0.05, 0) is 31.9 Å². The van der Waals surface area contributed by atoms with Gasteiger partial charge in [-0.1, -0.05) is 24.3 Å². The van der Waals surface area contributed by atoms with Crippen LogP contribution in [-0.4, -0.2) is 15.1 Å². The second-order valence-corrected chi connectivity index (χ2v) is 4.61. The fourth-order valence-corrected chi connectivity index (χ4v) is 2.00. The molecule has 2 aromatic rings. The Morgan fingerprint density at radius 2 is 1.94 bits per heavy atom. The molecule has 0 saturated carbocycles. The van der Waals surface area contributed by atoms with Gasteiger partial charge in [0.2, 0.25) is 0 Å². The molecule has 3 nitrogen and oxygen atoms in total. The third-order valence-electron chi connectivity index (χ3n) is 3.13. The van der Waals surface area contributed by atoms with Gasteiger partial charge in [0.1, 0.15) is 5.82 Å². The molecule has 3 heteroatoms. The molecule has 1 unspecified atom stereocenters. The number of aliphatic hydroxyl groups excluding tert-OH is 1. The highest BCUT2D eigenvalue weighted by molar-refractivity contribution is 5.29. The Hall–Kier alpha value is -1.74. The largest absolute Gasteiger partial charge is 0.389 e. The minimum Gasteiger partial charge on any atom is -0.389 e. The first-order valence-corrected chi connectivity index (χ1v) is 6.13. The average Bonchev–Trinajstić information content (AvgIpc) is 2.32. The van der Waals surface area contributed by atoms with Crippen molar-refractivity contribution in [2.24, 2.45) is 0 Å². The Balaban J connectivity index is 2.26. The number of hydrogen-bond donors (Lipinski definition) is 1. The molecule has 0 saturated heterocycles. The Morgan fingerprint density at radius 3 is 2.56 bits per heavy atom. The number of nitrogens with zero attached hydrogens (tertiary/aromatic N) is 2. The highest BCUT2D eigenvalue weighted by Crippen LogP contribution is 2.16. The Labute approximate surface area is 108 Å². The van der Waals surface area contributed by atoms with Crippen molar-refractivity contribution in [3.8, 4) is 0 Å². The first-order valence-electron chi connectivity index (χ1n) is 6.13. The van der Waals surface area contributed by atoms with Gasteiger partial charge in [-0.3, -0.25) is 0 Å². The minimum absolute atomic E-state index is 0.516. The Kier molecular flexibility index (Phi) is 3.72. The summed E-state index contributed by atoms with van der Waals surface area (Å²) in [6.45, 7) is 5.73. The van der Waals surface area contributed by atoms with E-state index in [9.17, 15) is 5.11 Å². The highest BCUT2D eigenvalue weighted by Gasteiger charge is 2.09. The summed E-state index contributed by atoms with van der Waals surface area (Å²) in [5.74, 6) is 0.797. The van der Waals surface area contributed by atoms with E-state index in [4.69, 9.17) is 0 Å². The molecule has 1 heterocycles. The molecule has 0 bridgehead atoms. The van der Waals surface area contributed by atoms with Crippen LogP contribution in [0.3, 0.4) is 0 Å². The van der Waals surface area contributed by atoms with Gasteiger partial charge in [-0.25, -0.2) is 9.97 Å². The first-order chi connectivity index (χ1) is 8.58. The molecule has 0 fully saturated rings. The topological polar surface area (TPSA) is 46.0 Å². The van der Waals surface area contributed by atoms with E-state index < -0.39 is 6.10 Å². The smallest absolute Gasteiger partial charge is 0.132 e. The van der Waals surface area contributed by atoms with Crippen molar-refractivity contribution in [1.82, 2.24) is 9.97 Å². The van der Waals surface area contributed by atoms with Gasteiger partial charge in [0.25, 0.3) is 0 Å². The summed E-state index contributed by atoms with van der Waals surface area (Å²) < 4.78 is 0. The van der Waals surface area contributed by atoms with Crippen molar-refractivity contribution >= 4 is 0 Å². The summed E-state index contributed by atoms with van der Waals surface area (Å²) in [6.07, 6.45) is 1.94. The van der Waals surface area contributed by atoms with Crippen LogP contribution < -0.4 is 0 Å². The van der Waals surface area contributed by atoms with Crippen molar-refractivity contribution in [3.05, 3.63) is 58.7 Å². The van der Waals surface area contributed by atoms with Crippen molar-refractivity contribution in [2.45, 2.75) is 33.3 Å². The number of aromatic nitrogens is 2. The van der Waals surface area contributed by atoms with Crippen LogP contribution in [0, 0.1) is 13.8 Å². The van der Waals surface area contributed by atoms with E-state index >= 15 is 0 Å². The molecule has 0 aliphatic rings. The van der Waals surface area contributed by atoms with Gasteiger partial charge >= 0.3 is 0 Å². The van der Waals surface area contributed by atoms with E-state index in [0.717, 1.165) is 23.5 Å². The Bertz CT molecular complexity index is 550. The number of rotatable bonds is 3. The summed E-state index contributed by atoms with van der Waals surface area (Å²) in [4.78, 5) is 8.79. The predicted octanol–water partition coefficient (Wildman–Crippen LogP) is 2.74. The fourth-order valence-electron chi connectivity index (χ4n) is 2.00. The lowest BCUT2D eigenvalue weighted by Crippen LogP contribution is -2.04. The van der Waals surface area contributed by atoms with E-state index in [-0.39, 0.29) is 0 Å². The van der Waals surface area contributed by atoms with Crippen LogP contribution in [-0.2, 0) is 6.42 Å². The van der Waals surface area contributed by atoms with Crippen LogP contribution in [0.15, 0.2) is 30.5 Å². The number of aliphatic hydroxyl groups is 1. The summed E-state index contributed by atoms with van der Waals surface area (Å²) in [6, 6.07) is 8.24. The van der Waals surface area contributed by atoms with Crippen LogP contribution in [0.2, 0.25) is 0 Å². The summed E-state index contributed by atoms with van der Waals surface area (Å²) in [5.41, 5.74) is 4.13. The monoisotopic (exact) mass is 242 g/mol. The maximum Gasteiger partial charge on any atom is 0.132 e. The molecule has 0 aliphatic heterocycles. The van der Waals surface area contributed by atoms with Crippen LogP contribution in [0.25, 0.3) is 0 Å². The standard InChI is InChI=1S/C15H18N2O/c1-10-6-4-5-7-13(10)8-15-16-9-14(12(3)18)11(2)17-15/h4-7,9,12,18H,8H2,1-3H3. The third kappa shape index (κ3) is 2.74. The van der Waals surface area contributed by atoms with Crippen LogP contribution in [0.1, 0.15) is 41.2 Å². The van der Waals surface area contributed by atoms with Gasteiger partial charge < -0.3 is 5.11 Å². The summed E-state index contributed by atoms with van der Waals surface area (Å²) >= 11 is 0. The molecule has 0 aliphatic carbocycles. The van der Waals surface area contributed by atoms with E-state index in [1.54, 1.807) is 13.1 Å². The highest BCUT2D eigenvalue weighted by atomic mass is 16.3. The molecular formula is C15H18N2O.